The van der Waals surface area contributed by atoms with E-state index in [1.54, 1.807) is 29.4 Å². The van der Waals surface area contributed by atoms with E-state index in [1.807, 2.05) is 0 Å². The van der Waals surface area contributed by atoms with Crippen molar-refractivity contribution in [3.05, 3.63) is 78.5 Å². The molecule has 1 aromatic carbocycles. The van der Waals surface area contributed by atoms with Gasteiger partial charge in [-0.05, 0) is 37.0 Å². The number of halogens is 1. The van der Waals surface area contributed by atoms with E-state index >= 15 is 0 Å². The number of aryl methyl sites for hydroxylation is 1. The molecule has 1 unspecified atom stereocenters. The zero-order chi connectivity index (χ0) is 23.4. The summed E-state index contributed by atoms with van der Waals surface area (Å²) in [5, 5.41) is 9.42. The first-order valence-corrected chi connectivity index (χ1v) is 11.4. The summed E-state index contributed by atoms with van der Waals surface area (Å²) in [7, 11) is 0. The van der Waals surface area contributed by atoms with Gasteiger partial charge in [-0.1, -0.05) is 18.2 Å². The largest absolute Gasteiger partial charge is 0.358 e. The molecule has 7 rings (SSSR count). The summed E-state index contributed by atoms with van der Waals surface area (Å²) in [6.45, 7) is 0. The molecular formula is C25H20FN9. The highest BCUT2D eigenvalue weighted by Crippen LogP contribution is 2.31. The fourth-order valence-corrected chi connectivity index (χ4v) is 4.90. The van der Waals surface area contributed by atoms with Crippen molar-refractivity contribution in [2.75, 3.05) is 5.32 Å². The SMILES string of the molecule is Fc1cncc(-c2nc(NC3CCc4[nH]c5ccccc5c4C3)n3ncc(-c4cnc[nH]4)c3n2)c1. The second-order valence-electron chi connectivity index (χ2n) is 8.73. The van der Waals surface area contributed by atoms with Gasteiger partial charge in [0.15, 0.2) is 11.5 Å². The van der Waals surface area contributed by atoms with Crippen LogP contribution in [0.15, 0.2) is 61.4 Å². The van der Waals surface area contributed by atoms with Gasteiger partial charge in [0, 0.05) is 34.4 Å². The highest BCUT2D eigenvalue weighted by molar-refractivity contribution is 5.85. The fourth-order valence-electron chi connectivity index (χ4n) is 4.90. The summed E-state index contributed by atoms with van der Waals surface area (Å²) in [4.78, 5) is 24.2. The molecular weight excluding hydrogens is 445 g/mol. The molecule has 0 bridgehead atoms. The van der Waals surface area contributed by atoms with Gasteiger partial charge in [-0.2, -0.15) is 14.6 Å². The van der Waals surface area contributed by atoms with Crippen molar-refractivity contribution >= 4 is 22.5 Å². The molecule has 3 N–H and O–H groups in total. The van der Waals surface area contributed by atoms with E-state index in [0.29, 0.717) is 23.0 Å². The molecule has 1 aliphatic rings. The summed E-state index contributed by atoms with van der Waals surface area (Å²) in [5.74, 6) is 0.479. The molecule has 0 aliphatic heterocycles. The molecule has 0 fully saturated rings. The van der Waals surface area contributed by atoms with E-state index in [1.165, 1.54) is 28.2 Å². The first-order valence-electron chi connectivity index (χ1n) is 11.4. The number of hydrogen-bond donors (Lipinski definition) is 3. The minimum absolute atomic E-state index is 0.151. The van der Waals surface area contributed by atoms with Gasteiger partial charge >= 0.3 is 0 Å². The van der Waals surface area contributed by atoms with Gasteiger partial charge in [-0.15, -0.1) is 0 Å². The van der Waals surface area contributed by atoms with Crippen LogP contribution in [0.2, 0.25) is 0 Å². The Morgan fingerprint density at radius 3 is 2.89 bits per heavy atom. The Kier molecular flexibility index (Phi) is 4.38. The van der Waals surface area contributed by atoms with Gasteiger partial charge in [0.05, 0.1) is 36.2 Å². The third-order valence-corrected chi connectivity index (χ3v) is 6.55. The number of H-pyrrole nitrogens is 2. The van der Waals surface area contributed by atoms with Gasteiger partial charge in [-0.3, -0.25) is 4.98 Å². The molecule has 10 heteroatoms. The zero-order valence-electron chi connectivity index (χ0n) is 18.5. The third-order valence-electron chi connectivity index (χ3n) is 6.55. The predicted octanol–water partition coefficient (Wildman–Crippen LogP) is 4.17. The highest BCUT2D eigenvalue weighted by atomic mass is 19.1. The number of aromatic amines is 2. The lowest BCUT2D eigenvalue weighted by molar-refractivity contribution is 0.599. The summed E-state index contributed by atoms with van der Waals surface area (Å²) >= 11 is 0. The second kappa shape index (κ2) is 7.73. The van der Waals surface area contributed by atoms with Crippen molar-refractivity contribution in [1.29, 1.82) is 0 Å². The first kappa shape index (κ1) is 19.8. The molecule has 1 atom stereocenters. The summed E-state index contributed by atoms with van der Waals surface area (Å²) in [6.07, 6.45) is 10.5. The summed E-state index contributed by atoms with van der Waals surface area (Å²) in [6, 6.07) is 9.93. The van der Waals surface area contributed by atoms with E-state index in [9.17, 15) is 4.39 Å². The molecule has 1 aliphatic carbocycles. The van der Waals surface area contributed by atoms with Gasteiger partial charge in [-0.25, -0.2) is 14.4 Å². The van der Waals surface area contributed by atoms with Gasteiger partial charge in [0.2, 0.25) is 5.95 Å². The Hall–Kier alpha value is -4.60. The van der Waals surface area contributed by atoms with Crippen LogP contribution >= 0.6 is 0 Å². The smallest absolute Gasteiger partial charge is 0.228 e. The van der Waals surface area contributed by atoms with Crippen LogP contribution in [-0.4, -0.2) is 45.6 Å². The fraction of sp³-hybridized carbons (Fsp3) is 0.160. The maximum atomic E-state index is 14.0. The number of rotatable bonds is 4. The van der Waals surface area contributed by atoms with Crippen LogP contribution in [0.3, 0.4) is 0 Å². The highest BCUT2D eigenvalue weighted by Gasteiger charge is 2.25. The number of fused-ring (bicyclic) bond motifs is 4. The number of pyridine rings is 1. The number of nitrogens with one attached hydrogen (secondary N) is 3. The quantitative estimate of drug-likeness (QED) is 0.360. The minimum Gasteiger partial charge on any atom is -0.358 e. The Labute approximate surface area is 198 Å². The van der Waals surface area contributed by atoms with Crippen molar-refractivity contribution in [2.45, 2.75) is 25.3 Å². The van der Waals surface area contributed by atoms with Crippen molar-refractivity contribution in [3.63, 3.8) is 0 Å². The Bertz CT molecular complexity index is 1680. The minimum atomic E-state index is -0.443. The monoisotopic (exact) mass is 465 g/mol. The Morgan fingerprint density at radius 1 is 1.06 bits per heavy atom. The molecule has 9 nitrogen and oxygen atoms in total. The van der Waals surface area contributed by atoms with E-state index in [2.05, 4.69) is 54.6 Å². The van der Waals surface area contributed by atoms with Crippen molar-refractivity contribution in [2.24, 2.45) is 0 Å². The number of benzene rings is 1. The summed E-state index contributed by atoms with van der Waals surface area (Å²) < 4.78 is 15.6. The predicted molar refractivity (Wildman–Crippen MR) is 129 cm³/mol. The Morgan fingerprint density at radius 2 is 2.00 bits per heavy atom. The molecule has 6 aromatic rings. The molecule has 35 heavy (non-hydrogen) atoms. The maximum Gasteiger partial charge on any atom is 0.228 e. The summed E-state index contributed by atoms with van der Waals surface area (Å²) in [5.41, 5.74) is 6.45. The molecule has 0 saturated carbocycles. The van der Waals surface area contributed by atoms with E-state index < -0.39 is 5.82 Å². The topological polar surface area (TPSA) is 112 Å². The molecule has 5 aromatic heterocycles. The van der Waals surface area contributed by atoms with Crippen LogP contribution in [0, 0.1) is 5.82 Å². The number of imidazole rings is 1. The normalized spacial score (nSPS) is 15.5. The van der Waals surface area contributed by atoms with E-state index in [4.69, 9.17) is 9.97 Å². The third kappa shape index (κ3) is 3.33. The lowest BCUT2D eigenvalue weighted by atomic mass is 9.91. The molecule has 0 amide bonds. The van der Waals surface area contributed by atoms with Crippen LogP contribution in [-0.2, 0) is 12.8 Å². The number of aromatic nitrogens is 8. The molecule has 5 heterocycles. The standard InChI is InChI=1S/C25H20FN9/c26-15-7-14(9-27-10-15)23-33-24-19(22-12-28-13-29-22)11-30-35(24)25(34-23)31-16-5-6-21-18(8-16)17-3-1-2-4-20(17)32-21/h1-4,7,9-13,16,32H,5-6,8H2,(H,28,29)(H,31,33,34). The number of hydrogen-bond acceptors (Lipinski definition) is 6. The molecule has 0 saturated heterocycles. The van der Waals surface area contributed by atoms with Crippen LogP contribution in [0.25, 0.3) is 39.2 Å². The average Bonchev–Trinajstić information content (AvgIpc) is 3.62. The number of para-hydroxylation sites is 1. The first-order chi connectivity index (χ1) is 17.2. The zero-order valence-corrected chi connectivity index (χ0v) is 18.5. The molecule has 0 spiro atoms. The van der Waals surface area contributed by atoms with Crippen molar-refractivity contribution < 1.29 is 4.39 Å². The lowest BCUT2D eigenvalue weighted by Gasteiger charge is -2.24. The van der Waals surface area contributed by atoms with Gasteiger partial charge in [0.1, 0.15) is 5.82 Å². The molecule has 0 radical (unpaired) electrons. The van der Waals surface area contributed by atoms with E-state index in [0.717, 1.165) is 36.7 Å². The Balaban J connectivity index is 1.32. The molecule has 172 valence electrons. The van der Waals surface area contributed by atoms with Gasteiger partial charge in [0.25, 0.3) is 0 Å². The lowest BCUT2D eigenvalue weighted by Crippen LogP contribution is -2.29. The van der Waals surface area contributed by atoms with Gasteiger partial charge < -0.3 is 15.3 Å². The van der Waals surface area contributed by atoms with Crippen LogP contribution < -0.4 is 5.32 Å². The number of anilines is 1. The van der Waals surface area contributed by atoms with Crippen molar-refractivity contribution in [1.82, 2.24) is 39.5 Å². The number of nitrogens with zero attached hydrogens (tertiary/aromatic N) is 6. The second-order valence-corrected chi connectivity index (χ2v) is 8.73. The van der Waals surface area contributed by atoms with Crippen molar-refractivity contribution in [3.8, 4) is 22.6 Å². The van der Waals surface area contributed by atoms with E-state index in [-0.39, 0.29) is 6.04 Å². The van der Waals surface area contributed by atoms with Crippen LogP contribution in [0.4, 0.5) is 10.3 Å². The van der Waals surface area contributed by atoms with Crippen LogP contribution in [0.1, 0.15) is 17.7 Å². The van der Waals surface area contributed by atoms with Crippen LogP contribution in [0.5, 0.6) is 0 Å². The average molecular weight is 465 g/mol. The maximum absolute atomic E-state index is 14.0.